The number of methoxy groups -OCH3 is 1. The second kappa shape index (κ2) is 7.91. The van der Waals surface area contributed by atoms with E-state index >= 15 is 0 Å². The zero-order chi connectivity index (χ0) is 18.5. The van der Waals surface area contributed by atoms with Gasteiger partial charge in [-0.3, -0.25) is 4.79 Å². The van der Waals surface area contributed by atoms with Crippen molar-refractivity contribution in [3.63, 3.8) is 0 Å². The predicted molar refractivity (Wildman–Crippen MR) is 102 cm³/mol. The van der Waals surface area contributed by atoms with Crippen LogP contribution in [0.2, 0.25) is 0 Å². The molecule has 0 spiro atoms. The molecule has 0 aliphatic carbocycles. The third-order valence-electron chi connectivity index (χ3n) is 4.51. The Morgan fingerprint density at radius 3 is 2.42 bits per heavy atom. The number of carbonyl (C=O) groups is 2. The number of benzene rings is 2. The fourth-order valence-corrected chi connectivity index (χ4v) is 2.99. The fourth-order valence-electron chi connectivity index (χ4n) is 2.99. The summed E-state index contributed by atoms with van der Waals surface area (Å²) in [6, 6.07) is 14.8. The van der Waals surface area contributed by atoms with Crippen LogP contribution in [0.5, 0.6) is 5.75 Å². The van der Waals surface area contributed by atoms with Crippen LogP contribution in [0.25, 0.3) is 0 Å². The third kappa shape index (κ3) is 4.14. The van der Waals surface area contributed by atoms with Crippen LogP contribution >= 0.6 is 0 Å². The van der Waals surface area contributed by atoms with E-state index in [-0.39, 0.29) is 11.8 Å². The van der Waals surface area contributed by atoms with Crippen molar-refractivity contribution in [3.8, 4) is 5.75 Å². The lowest BCUT2D eigenvalue weighted by Crippen LogP contribution is -2.50. The molecule has 6 nitrogen and oxygen atoms in total. The van der Waals surface area contributed by atoms with Crippen LogP contribution in [-0.4, -0.2) is 50.0 Å². The Bertz CT molecular complexity index is 798. The molecule has 0 radical (unpaired) electrons. The first-order valence-electron chi connectivity index (χ1n) is 8.63. The van der Waals surface area contributed by atoms with E-state index in [1.54, 1.807) is 25.0 Å². The highest BCUT2D eigenvalue weighted by Gasteiger charge is 2.21. The Kier molecular flexibility index (Phi) is 5.41. The van der Waals surface area contributed by atoms with Crippen LogP contribution in [0.15, 0.2) is 48.5 Å². The number of anilines is 2. The van der Waals surface area contributed by atoms with Crippen LogP contribution in [0.3, 0.4) is 0 Å². The SMILES string of the molecule is COc1cccc(NC(=O)N2CCN(c3cccc(C(C)=O)c3)CC2)c1. The molecule has 0 aromatic heterocycles. The predicted octanol–water partition coefficient (Wildman–Crippen LogP) is 3.25. The molecule has 1 saturated heterocycles. The second-order valence-corrected chi connectivity index (χ2v) is 6.24. The molecular formula is C20H23N3O3. The summed E-state index contributed by atoms with van der Waals surface area (Å²) in [4.78, 5) is 28.0. The fraction of sp³-hybridized carbons (Fsp3) is 0.300. The molecule has 1 heterocycles. The van der Waals surface area contributed by atoms with E-state index in [4.69, 9.17) is 4.74 Å². The van der Waals surface area contributed by atoms with Gasteiger partial charge in [-0.1, -0.05) is 18.2 Å². The van der Waals surface area contributed by atoms with Crippen LogP contribution in [0, 0.1) is 0 Å². The lowest BCUT2D eigenvalue weighted by molar-refractivity contribution is 0.101. The van der Waals surface area contributed by atoms with E-state index in [0.717, 1.165) is 18.8 Å². The number of nitrogens with zero attached hydrogens (tertiary/aromatic N) is 2. The third-order valence-corrected chi connectivity index (χ3v) is 4.51. The maximum absolute atomic E-state index is 12.5. The van der Waals surface area contributed by atoms with Gasteiger partial charge in [0.15, 0.2) is 5.78 Å². The number of urea groups is 1. The normalized spacial score (nSPS) is 14.1. The zero-order valence-corrected chi connectivity index (χ0v) is 15.1. The number of amides is 2. The molecule has 0 saturated carbocycles. The Morgan fingerprint density at radius 2 is 1.73 bits per heavy atom. The average Bonchev–Trinajstić information content (AvgIpc) is 2.68. The molecule has 1 aliphatic heterocycles. The lowest BCUT2D eigenvalue weighted by Gasteiger charge is -2.36. The quantitative estimate of drug-likeness (QED) is 0.857. The van der Waals surface area contributed by atoms with Crippen molar-refractivity contribution in [3.05, 3.63) is 54.1 Å². The number of rotatable bonds is 4. The number of carbonyl (C=O) groups excluding carboxylic acids is 2. The molecule has 2 aromatic carbocycles. The lowest BCUT2D eigenvalue weighted by atomic mass is 10.1. The molecule has 136 valence electrons. The Balaban J connectivity index is 1.58. The summed E-state index contributed by atoms with van der Waals surface area (Å²) in [5.41, 5.74) is 2.44. The van der Waals surface area contributed by atoms with Crippen molar-refractivity contribution in [1.29, 1.82) is 0 Å². The van der Waals surface area contributed by atoms with Crippen LogP contribution in [-0.2, 0) is 0 Å². The topological polar surface area (TPSA) is 61.9 Å². The molecule has 2 aromatic rings. The average molecular weight is 353 g/mol. The maximum Gasteiger partial charge on any atom is 0.321 e. The first kappa shape index (κ1) is 17.8. The van der Waals surface area contributed by atoms with Gasteiger partial charge in [-0.15, -0.1) is 0 Å². The summed E-state index contributed by atoms with van der Waals surface area (Å²) in [6.07, 6.45) is 0. The summed E-state index contributed by atoms with van der Waals surface area (Å²) < 4.78 is 5.18. The molecule has 1 N–H and O–H groups in total. The van der Waals surface area contributed by atoms with Gasteiger partial charge < -0.3 is 19.9 Å². The number of Topliss-reactive ketones (excluding diaryl/α,β-unsaturated/α-hetero) is 1. The van der Waals surface area contributed by atoms with Gasteiger partial charge in [-0.2, -0.15) is 0 Å². The highest BCUT2D eigenvalue weighted by Crippen LogP contribution is 2.20. The Hall–Kier alpha value is -3.02. The Morgan fingerprint density at radius 1 is 1.00 bits per heavy atom. The van der Waals surface area contributed by atoms with E-state index in [9.17, 15) is 9.59 Å². The minimum atomic E-state index is -0.115. The van der Waals surface area contributed by atoms with Crippen molar-refractivity contribution in [2.45, 2.75) is 6.92 Å². The van der Waals surface area contributed by atoms with Crippen LogP contribution in [0.1, 0.15) is 17.3 Å². The van der Waals surface area contributed by atoms with E-state index in [1.807, 2.05) is 42.5 Å². The number of hydrogen-bond acceptors (Lipinski definition) is 4. The van der Waals surface area contributed by atoms with Gasteiger partial charge in [-0.05, 0) is 31.2 Å². The van der Waals surface area contributed by atoms with Crippen molar-refractivity contribution in [2.75, 3.05) is 43.5 Å². The van der Waals surface area contributed by atoms with Crippen LogP contribution < -0.4 is 15.0 Å². The minimum Gasteiger partial charge on any atom is -0.497 e. The highest BCUT2D eigenvalue weighted by molar-refractivity contribution is 5.95. The summed E-state index contributed by atoms with van der Waals surface area (Å²) in [7, 11) is 1.60. The van der Waals surface area contributed by atoms with Crippen molar-refractivity contribution in [1.82, 2.24) is 4.90 Å². The first-order chi connectivity index (χ1) is 12.6. The van der Waals surface area contributed by atoms with Gasteiger partial charge in [0.2, 0.25) is 0 Å². The molecule has 0 unspecified atom stereocenters. The number of ether oxygens (including phenoxy) is 1. The number of nitrogens with one attached hydrogen (secondary N) is 1. The molecule has 26 heavy (non-hydrogen) atoms. The molecule has 3 rings (SSSR count). The second-order valence-electron chi connectivity index (χ2n) is 6.24. The van der Waals surface area contributed by atoms with Crippen molar-refractivity contribution < 1.29 is 14.3 Å². The zero-order valence-electron chi connectivity index (χ0n) is 15.1. The van der Waals surface area contributed by atoms with Crippen LogP contribution in [0.4, 0.5) is 16.2 Å². The van der Waals surface area contributed by atoms with Crippen molar-refractivity contribution in [2.24, 2.45) is 0 Å². The smallest absolute Gasteiger partial charge is 0.321 e. The monoisotopic (exact) mass is 353 g/mol. The first-order valence-corrected chi connectivity index (χ1v) is 8.63. The number of piperazine rings is 1. The molecule has 1 fully saturated rings. The van der Waals surface area contributed by atoms with Gasteiger partial charge >= 0.3 is 6.03 Å². The number of ketones is 1. The largest absolute Gasteiger partial charge is 0.497 e. The van der Waals surface area contributed by atoms with Gasteiger partial charge in [0.1, 0.15) is 5.75 Å². The molecule has 1 aliphatic rings. The Labute approximate surface area is 153 Å². The van der Waals surface area contributed by atoms with E-state index in [0.29, 0.717) is 30.1 Å². The maximum atomic E-state index is 12.5. The van der Waals surface area contributed by atoms with E-state index < -0.39 is 0 Å². The molecule has 2 amide bonds. The highest BCUT2D eigenvalue weighted by atomic mass is 16.5. The van der Waals surface area contributed by atoms with Gasteiger partial charge in [0, 0.05) is 49.2 Å². The molecule has 0 atom stereocenters. The van der Waals surface area contributed by atoms with Gasteiger partial charge in [-0.25, -0.2) is 4.79 Å². The van der Waals surface area contributed by atoms with E-state index in [1.165, 1.54) is 0 Å². The summed E-state index contributed by atoms with van der Waals surface area (Å²) in [5.74, 6) is 0.765. The number of hydrogen-bond donors (Lipinski definition) is 1. The van der Waals surface area contributed by atoms with Gasteiger partial charge in [0.05, 0.1) is 7.11 Å². The minimum absolute atomic E-state index is 0.0585. The molecule has 6 heteroatoms. The van der Waals surface area contributed by atoms with E-state index in [2.05, 4.69) is 10.2 Å². The van der Waals surface area contributed by atoms with Crippen molar-refractivity contribution >= 4 is 23.2 Å². The summed E-state index contributed by atoms with van der Waals surface area (Å²) >= 11 is 0. The molecule has 0 bridgehead atoms. The van der Waals surface area contributed by atoms with Gasteiger partial charge in [0.25, 0.3) is 0 Å². The molecular weight excluding hydrogens is 330 g/mol. The standard InChI is InChI=1S/C20H23N3O3/c1-15(24)16-5-3-7-18(13-16)22-9-11-23(12-10-22)20(25)21-17-6-4-8-19(14-17)26-2/h3-8,13-14H,9-12H2,1-2H3,(H,21,25). The summed E-state index contributed by atoms with van der Waals surface area (Å²) in [5, 5.41) is 2.91. The summed E-state index contributed by atoms with van der Waals surface area (Å²) in [6.45, 7) is 4.28.